The van der Waals surface area contributed by atoms with Gasteiger partial charge in [0.2, 0.25) is 0 Å². The second-order valence-corrected chi connectivity index (χ2v) is 9.16. The number of methoxy groups -OCH3 is 1. The van der Waals surface area contributed by atoms with Crippen molar-refractivity contribution in [2.24, 2.45) is 5.92 Å². The number of likely N-dealkylation sites (tertiary alicyclic amines) is 1. The molecule has 1 amide bonds. The van der Waals surface area contributed by atoms with Crippen LogP contribution in [0.2, 0.25) is 0 Å². The molecule has 1 saturated heterocycles. The molecule has 2 N–H and O–H groups in total. The van der Waals surface area contributed by atoms with E-state index in [1.54, 1.807) is 25.7 Å². The number of alkyl halides is 3. The maximum absolute atomic E-state index is 12.9. The Balaban J connectivity index is 0.000000405. The number of fused-ring (bicyclic) bond motifs is 1. The lowest BCUT2D eigenvalue weighted by Crippen LogP contribution is -2.34. The fourth-order valence-corrected chi connectivity index (χ4v) is 4.38. The van der Waals surface area contributed by atoms with Gasteiger partial charge in [0.05, 0.1) is 7.11 Å². The van der Waals surface area contributed by atoms with Crippen LogP contribution in [0.4, 0.5) is 18.9 Å². The normalized spacial score (nSPS) is 16.6. The highest BCUT2D eigenvalue weighted by atomic mass is 19.4. The number of benzene rings is 1. The maximum Gasteiger partial charge on any atom is 0.490 e. The zero-order valence-electron chi connectivity index (χ0n) is 20.2. The molecule has 3 heterocycles. The fraction of sp³-hybridized carbons (Fsp3) is 0.440. The molecule has 2 aromatic heterocycles. The van der Waals surface area contributed by atoms with Crippen LogP contribution in [0.15, 0.2) is 42.9 Å². The smallest absolute Gasteiger partial charge is 0.490 e. The zero-order chi connectivity index (χ0) is 26.6. The van der Waals surface area contributed by atoms with Crippen molar-refractivity contribution >= 4 is 23.2 Å². The third-order valence-electron chi connectivity index (χ3n) is 6.47. The van der Waals surface area contributed by atoms with Gasteiger partial charge in [0.1, 0.15) is 12.1 Å². The summed E-state index contributed by atoms with van der Waals surface area (Å²) in [5, 5.41) is 10.0. The summed E-state index contributed by atoms with van der Waals surface area (Å²) in [6.45, 7) is 3.55. The summed E-state index contributed by atoms with van der Waals surface area (Å²) in [7, 11) is 1.60. The molecule has 37 heavy (non-hydrogen) atoms. The molecule has 5 rings (SSSR count). The summed E-state index contributed by atoms with van der Waals surface area (Å²) in [6, 6.07) is 9.36. The van der Waals surface area contributed by atoms with Crippen LogP contribution in [0.25, 0.3) is 5.65 Å². The lowest BCUT2D eigenvalue weighted by atomic mass is 9.93. The van der Waals surface area contributed by atoms with Crippen molar-refractivity contribution in [3.05, 3.63) is 54.2 Å². The number of aromatic nitrogens is 3. The van der Waals surface area contributed by atoms with E-state index in [0.717, 1.165) is 31.8 Å². The van der Waals surface area contributed by atoms with Crippen LogP contribution < -0.4 is 10.1 Å². The summed E-state index contributed by atoms with van der Waals surface area (Å²) < 4.78 is 38.9. The Morgan fingerprint density at radius 2 is 1.84 bits per heavy atom. The van der Waals surface area contributed by atoms with Crippen molar-refractivity contribution in [1.82, 2.24) is 19.3 Å². The minimum absolute atomic E-state index is 0.269. The monoisotopic (exact) mass is 519 g/mol. The summed E-state index contributed by atoms with van der Waals surface area (Å²) in [5.41, 5.74) is 2.80. The average Bonchev–Trinajstić information content (AvgIpc) is 3.58. The highest BCUT2D eigenvalue weighted by Gasteiger charge is 2.38. The van der Waals surface area contributed by atoms with Crippen LogP contribution in [-0.2, 0) is 4.79 Å². The Labute approximate surface area is 211 Å². The average molecular weight is 520 g/mol. The molecule has 198 valence electrons. The zero-order valence-corrected chi connectivity index (χ0v) is 20.2. The Hall–Kier alpha value is -3.67. The number of nitrogens with one attached hydrogen (secondary N) is 1. The van der Waals surface area contributed by atoms with Crippen molar-refractivity contribution in [1.29, 1.82) is 0 Å². The van der Waals surface area contributed by atoms with Gasteiger partial charge in [-0.05, 0) is 62.9 Å². The van der Waals surface area contributed by atoms with E-state index in [1.807, 2.05) is 22.6 Å². The first-order valence-corrected chi connectivity index (χ1v) is 12.0. The number of carbonyl (C=O) groups is 2. The number of carboxylic acids is 1. The SMILES string of the molecule is COc1cccc(NC(=O)c2ncn3c(C4CCN(CC5CC5)CC4)ccnc23)c1.O=C(O)C(F)(F)F. The van der Waals surface area contributed by atoms with Crippen LogP contribution >= 0.6 is 0 Å². The molecule has 1 aliphatic carbocycles. The number of aliphatic carboxylic acids is 1. The molecule has 12 heteroatoms. The molecule has 0 atom stereocenters. The molecule has 0 unspecified atom stereocenters. The van der Waals surface area contributed by atoms with Crippen LogP contribution in [0.5, 0.6) is 5.75 Å². The fourth-order valence-electron chi connectivity index (χ4n) is 4.38. The third-order valence-corrected chi connectivity index (χ3v) is 6.47. The Kier molecular flexibility index (Phi) is 7.96. The first kappa shape index (κ1) is 26.4. The van der Waals surface area contributed by atoms with Gasteiger partial charge in [-0.15, -0.1) is 0 Å². The number of piperidine rings is 1. The van der Waals surface area contributed by atoms with E-state index in [1.165, 1.54) is 25.1 Å². The van der Waals surface area contributed by atoms with E-state index in [9.17, 15) is 18.0 Å². The molecule has 2 aliphatic rings. The van der Waals surface area contributed by atoms with Gasteiger partial charge in [-0.25, -0.2) is 14.8 Å². The number of anilines is 1. The minimum Gasteiger partial charge on any atom is -0.497 e. The van der Waals surface area contributed by atoms with E-state index < -0.39 is 12.1 Å². The number of hydrogen-bond acceptors (Lipinski definition) is 6. The van der Waals surface area contributed by atoms with Crippen molar-refractivity contribution < 1.29 is 32.6 Å². The molecule has 0 spiro atoms. The van der Waals surface area contributed by atoms with Crippen molar-refractivity contribution in [2.75, 3.05) is 32.1 Å². The largest absolute Gasteiger partial charge is 0.497 e. The summed E-state index contributed by atoms with van der Waals surface area (Å²) >= 11 is 0. The highest BCUT2D eigenvalue weighted by Crippen LogP contribution is 2.33. The predicted octanol–water partition coefficient (Wildman–Crippen LogP) is 4.21. The van der Waals surface area contributed by atoms with Gasteiger partial charge in [-0.3, -0.25) is 9.20 Å². The van der Waals surface area contributed by atoms with Crippen LogP contribution in [0.1, 0.15) is 47.8 Å². The molecule has 0 bridgehead atoms. The first-order chi connectivity index (χ1) is 17.7. The first-order valence-electron chi connectivity index (χ1n) is 12.0. The molecular formula is C25H28F3N5O4. The summed E-state index contributed by atoms with van der Waals surface area (Å²) in [5.74, 6) is -0.930. The molecule has 1 aromatic carbocycles. The highest BCUT2D eigenvalue weighted by molar-refractivity contribution is 6.06. The van der Waals surface area contributed by atoms with Gasteiger partial charge in [-0.2, -0.15) is 13.2 Å². The van der Waals surface area contributed by atoms with Gasteiger partial charge in [0, 0.05) is 36.1 Å². The summed E-state index contributed by atoms with van der Waals surface area (Å²) in [6.07, 6.45) is 3.52. The molecule has 9 nitrogen and oxygen atoms in total. The van der Waals surface area contributed by atoms with Gasteiger partial charge in [-0.1, -0.05) is 6.07 Å². The second-order valence-electron chi connectivity index (χ2n) is 9.16. The minimum atomic E-state index is -5.08. The van der Waals surface area contributed by atoms with Crippen LogP contribution in [0.3, 0.4) is 0 Å². The Bertz CT molecular complexity index is 1250. The number of carboxylic acid groups (broad SMARTS) is 1. The number of carbonyl (C=O) groups excluding carboxylic acids is 1. The lowest BCUT2D eigenvalue weighted by molar-refractivity contribution is -0.192. The predicted molar refractivity (Wildman–Crippen MR) is 129 cm³/mol. The number of imidazole rings is 1. The van der Waals surface area contributed by atoms with Gasteiger partial charge in [0.15, 0.2) is 11.3 Å². The number of ether oxygens (including phenoxy) is 1. The van der Waals surface area contributed by atoms with E-state index in [4.69, 9.17) is 14.6 Å². The maximum atomic E-state index is 12.9. The number of rotatable bonds is 6. The van der Waals surface area contributed by atoms with E-state index >= 15 is 0 Å². The van der Waals surface area contributed by atoms with Crippen molar-refractivity contribution in [2.45, 2.75) is 37.8 Å². The standard InChI is InChI=1S/C23H27N5O2.C2HF3O2/c1-30-19-4-2-3-18(13-19)26-23(29)21-22-24-10-7-20(28(22)15-25-21)17-8-11-27(12-9-17)14-16-5-6-16;3-2(4,5)1(6)7/h2-4,7,10,13,15-17H,5-6,8-9,11-12,14H2,1H3,(H,26,29);(H,6,7). The number of hydrogen-bond donors (Lipinski definition) is 2. The van der Waals surface area contributed by atoms with Crippen LogP contribution in [-0.4, -0.2) is 69.2 Å². The summed E-state index contributed by atoms with van der Waals surface area (Å²) in [4.78, 5) is 33.2. The molecular weight excluding hydrogens is 491 g/mol. The lowest BCUT2D eigenvalue weighted by Gasteiger charge is -2.32. The third kappa shape index (κ3) is 6.76. The van der Waals surface area contributed by atoms with Crippen molar-refractivity contribution in [3.8, 4) is 5.75 Å². The van der Waals surface area contributed by atoms with Crippen molar-refractivity contribution in [3.63, 3.8) is 0 Å². The van der Waals surface area contributed by atoms with Crippen LogP contribution in [0, 0.1) is 5.92 Å². The topological polar surface area (TPSA) is 109 Å². The number of nitrogens with zero attached hydrogens (tertiary/aromatic N) is 4. The van der Waals surface area contributed by atoms with Gasteiger partial charge < -0.3 is 20.1 Å². The molecule has 2 fully saturated rings. The van der Waals surface area contributed by atoms with E-state index in [0.29, 0.717) is 28.7 Å². The Morgan fingerprint density at radius 3 is 2.46 bits per heavy atom. The second kappa shape index (κ2) is 11.2. The number of halogens is 3. The Morgan fingerprint density at radius 1 is 1.14 bits per heavy atom. The molecule has 0 radical (unpaired) electrons. The van der Waals surface area contributed by atoms with Gasteiger partial charge >= 0.3 is 12.1 Å². The molecule has 3 aromatic rings. The number of amides is 1. The molecule has 1 aliphatic heterocycles. The van der Waals surface area contributed by atoms with Gasteiger partial charge in [0.25, 0.3) is 5.91 Å². The quantitative estimate of drug-likeness (QED) is 0.502. The van der Waals surface area contributed by atoms with E-state index in [-0.39, 0.29) is 5.91 Å². The van der Waals surface area contributed by atoms with E-state index in [2.05, 4.69) is 26.3 Å². The molecule has 1 saturated carbocycles.